The third-order valence-electron chi connectivity index (χ3n) is 7.37. The van der Waals surface area contributed by atoms with Crippen LogP contribution in [-0.2, 0) is 20.1 Å². The number of thiophene rings is 1. The normalized spacial score (nSPS) is 11.1. The van der Waals surface area contributed by atoms with Crippen LogP contribution >= 0.6 is 11.3 Å². The molecule has 3 aromatic heterocycles. The SMILES string of the molecule is Cc1cc(-c2[c-]cccc2)nc[c]1[Ge]([CH3])([CH3])[CH3].[Ir].[c-]1ccc2c(sc3c(-c4ccccc4)cccc32)c1-c1ccccn1. The van der Waals surface area contributed by atoms with Gasteiger partial charge in [0.2, 0.25) is 0 Å². The average molecular weight is 814 g/mol. The van der Waals surface area contributed by atoms with Gasteiger partial charge in [-0.05, 0) is 33.0 Å². The molecular formula is C38H32GeIrN2S-2. The Morgan fingerprint density at radius 2 is 1.44 bits per heavy atom. The van der Waals surface area contributed by atoms with Crippen LogP contribution < -0.4 is 4.40 Å². The molecule has 0 aliphatic carbocycles. The fourth-order valence-corrected chi connectivity index (χ4v) is 10.3. The van der Waals surface area contributed by atoms with Crippen LogP contribution in [-0.4, -0.2) is 23.2 Å². The Bertz CT molecular complexity index is 1870. The minimum Gasteiger partial charge on any atom is -0.305 e. The molecule has 0 aliphatic heterocycles. The maximum absolute atomic E-state index is 4.59. The van der Waals surface area contributed by atoms with Crippen molar-refractivity contribution < 1.29 is 20.1 Å². The molecule has 1 radical (unpaired) electrons. The van der Waals surface area contributed by atoms with Gasteiger partial charge in [0.05, 0.1) is 0 Å². The van der Waals surface area contributed by atoms with Gasteiger partial charge in [-0.1, -0.05) is 66.0 Å². The van der Waals surface area contributed by atoms with E-state index in [1.807, 2.05) is 60.0 Å². The fourth-order valence-electron chi connectivity index (χ4n) is 5.35. The predicted molar refractivity (Wildman–Crippen MR) is 183 cm³/mol. The summed E-state index contributed by atoms with van der Waals surface area (Å²) in [6.45, 7) is 2.19. The zero-order valence-corrected chi connectivity index (χ0v) is 30.0. The van der Waals surface area contributed by atoms with Crippen molar-refractivity contribution in [3.05, 3.63) is 139 Å². The van der Waals surface area contributed by atoms with Gasteiger partial charge in [-0.3, -0.25) is 0 Å². The van der Waals surface area contributed by atoms with Gasteiger partial charge in [-0.15, -0.1) is 23.8 Å². The molecule has 0 spiro atoms. The second kappa shape index (κ2) is 13.5. The van der Waals surface area contributed by atoms with E-state index in [0.717, 1.165) is 22.5 Å². The van der Waals surface area contributed by atoms with Gasteiger partial charge >= 0.3 is 106 Å². The van der Waals surface area contributed by atoms with Gasteiger partial charge in [-0.2, -0.15) is 11.3 Å². The first-order chi connectivity index (χ1) is 20.4. The third-order valence-corrected chi connectivity index (χ3v) is 13.1. The largest absolute Gasteiger partial charge is 0.305 e. The van der Waals surface area contributed by atoms with E-state index in [0.29, 0.717) is 0 Å². The quantitative estimate of drug-likeness (QED) is 0.131. The Labute approximate surface area is 274 Å². The molecule has 0 N–H and O–H groups in total. The molecule has 0 bridgehead atoms. The molecule has 0 fully saturated rings. The number of aromatic nitrogens is 2. The Kier molecular flexibility index (Phi) is 9.73. The fraction of sp³-hybridized carbons (Fsp3) is 0.105. The van der Waals surface area contributed by atoms with E-state index in [-0.39, 0.29) is 20.1 Å². The van der Waals surface area contributed by atoms with E-state index in [2.05, 4.69) is 119 Å². The Morgan fingerprint density at radius 1 is 0.674 bits per heavy atom. The first-order valence-electron chi connectivity index (χ1n) is 14.2. The molecule has 0 amide bonds. The molecule has 3 heterocycles. The van der Waals surface area contributed by atoms with Crippen LogP contribution in [0.1, 0.15) is 5.56 Å². The van der Waals surface area contributed by atoms with Crippen molar-refractivity contribution in [2.75, 3.05) is 0 Å². The molecule has 7 aromatic rings. The second-order valence-electron chi connectivity index (χ2n) is 11.4. The van der Waals surface area contributed by atoms with Crippen LogP contribution in [0.5, 0.6) is 0 Å². The van der Waals surface area contributed by atoms with Crippen molar-refractivity contribution in [3.8, 4) is 33.6 Å². The summed E-state index contributed by atoms with van der Waals surface area (Å²) in [6, 6.07) is 44.1. The van der Waals surface area contributed by atoms with E-state index in [9.17, 15) is 0 Å². The van der Waals surface area contributed by atoms with E-state index in [4.69, 9.17) is 0 Å². The van der Waals surface area contributed by atoms with Gasteiger partial charge < -0.3 is 4.98 Å². The summed E-state index contributed by atoms with van der Waals surface area (Å²) >= 11 is 0.0607. The van der Waals surface area contributed by atoms with Crippen LogP contribution in [0.25, 0.3) is 53.8 Å². The molecular weight excluding hydrogens is 781 g/mol. The number of hydrogen-bond donors (Lipinski definition) is 0. The van der Waals surface area contributed by atoms with E-state index >= 15 is 0 Å². The average Bonchev–Trinajstić information content (AvgIpc) is 3.41. The van der Waals surface area contributed by atoms with Crippen molar-refractivity contribution in [2.24, 2.45) is 0 Å². The molecule has 0 aliphatic rings. The first-order valence-corrected chi connectivity index (χ1v) is 22.3. The smallest absolute Gasteiger partial charge is 0.0318 e. The maximum Gasteiger partial charge on any atom is 0.0318 e. The number of fused-ring (bicyclic) bond motifs is 3. The Morgan fingerprint density at radius 3 is 2.14 bits per heavy atom. The van der Waals surface area contributed by atoms with Gasteiger partial charge in [0.25, 0.3) is 0 Å². The molecule has 5 heteroatoms. The molecule has 0 saturated heterocycles. The van der Waals surface area contributed by atoms with Crippen molar-refractivity contribution in [1.29, 1.82) is 0 Å². The van der Waals surface area contributed by atoms with Gasteiger partial charge in [0.1, 0.15) is 0 Å². The summed E-state index contributed by atoms with van der Waals surface area (Å²) in [6.07, 6.45) is 3.91. The Balaban J connectivity index is 0.000000180. The second-order valence-corrected chi connectivity index (χ2v) is 23.0. The topological polar surface area (TPSA) is 25.8 Å². The number of benzene rings is 4. The monoisotopic (exact) mass is 815 g/mol. The zero-order chi connectivity index (χ0) is 29.1. The molecule has 215 valence electrons. The number of hydrogen-bond acceptors (Lipinski definition) is 3. The molecule has 43 heavy (non-hydrogen) atoms. The summed E-state index contributed by atoms with van der Waals surface area (Å²) in [7, 11) is 0. The van der Waals surface area contributed by atoms with Crippen molar-refractivity contribution >= 4 is 49.2 Å². The number of rotatable bonds is 4. The Hall–Kier alpha value is -3.41. The van der Waals surface area contributed by atoms with Crippen LogP contribution in [0, 0.1) is 19.1 Å². The molecule has 0 unspecified atom stereocenters. The molecule has 7 rings (SSSR count). The standard InChI is InChI=1S/C23H14NS.C15H18GeN.Ir/c1-2-8-16(9-3-1)17-10-6-11-18-19-12-7-13-20(23(19)25-22(17)18)21-14-4-5-15-24-21;1-12-10-15(13-8-6-5-7-9-13)17-11-14(12)16(2,3)4;/h1-12,14-15H;5-8,10-11H,1-4H3;/q2*-1;. The predicted octanol–water partition coefficient (Wildman–Crippen LogP) is 9.98. The maximum atomic E-state index is 4.59. The van der Waals surface area contributed by atoms with E-state index < -0.39 is 13.3 Å². The summed E-state index contributed by atoms with van der Waals surface area (Å²) in [4.78, 5) is 9.12. The molecule has 2 nitrogen and oxygen atoms in total. The van der Waals surface area contributed by atoms with E-state index in [1.165, 1.54) is 41.3 Å². The van der Waals surface area contributed by atoms with Gasteiger partial charge in [0, 0.05) is 31.0 Å². The van der Waals surface area contributed by atoms with E-state index in [1.54, 1.807) is 0 Å². The van der Waals surface area contributed by atoms with Crippen LogP contribution in [0.15, 0.2) is 122 Å². The summed E-state index contributed by atoms with van der Waals surface area (Å²) < 4.78 is 4.06. The van der Waals surface area contributed by atoms with Crippen molar-refractivity contribution in [3.63, 3.8) is 0 Å². The number of aryl methyl sites for hydroxylation is 1. The van der Waals surface area contributed by atoms with Crippen molar-refractivity contribution in [2.45, 2.75) is 24.2 Å². The summed E-state index contributed by atoms with van der Waals surface area (Å²) in [5, 5.41) is 2.57. The molecule has 4 aromatic carbocycles. The molecule has 0 atom stereocenters. The summed E-state index contributed by atoms with van der Waals surface area (Å²) in [5.74, 6) is 7.20. The zero-order valence-electron chi connectivity index (χ0n) is 24.7. The first kappa shape index (κ1) is 31.0. The third kappa shape index (κ3) is 6.74. The minimum atomic E-state index is -1.77. The van der Waals surface area contributed by atoms with Crippen LogP contribution in [0.4, 0.5) is 0 Å². The molecule has 0 saturated carbocycles. The van der Waals surface area contributed by atoms with Gasteiger partial charge in [0.15, 0.2) is 0 Å². The number of pyridine rings is 2. The van der Waals surface area contributed by atoms with Crippen LogP contribution in [0.2, 0.25) is 17.3 Å². The number of nitrogens with zero attached hydrogens (tertiary/aromatic N) is 2. The summed E-state index contributed by atoms with van der Waals surface area (Å²) in [5.41, 5.74) is 8.07. The van der Waals surface area contributed by atoms with Gasteiger partial charge in [-0.25, -0.2) is 0 Å². The minimum absolute atomic E-state index is 0. The van der Waals surface area contributed by atoms with Crippen molar-refractivity contribution in [1.82, 2.24) is 9.97 Å². The van der Waals surface area contributed by atoms with Crippen LogP contribution in [0.3, 0.4) is 0 Å².